The molecule has 0 amide bonds. The van der Waals surface area contributed by atoms with Crippen LogP contribution < -0.4 is 31.4 Å². The Morgan fingerprint density at radius 3 is 2.06 bits per heavy atom. The van der Waals surface area contributed by atoms with Gasteiger partial charge in [-0.05, 0) is 53.7 Å². The second-order valence-corrected chi connectivity index (χ2v) is 16.9. The van der Waals surface area contributed by atoms with Crippen LogP contribution in [0.25, 0.3) is 22.3 Å². The normalized spacial score (nSPS) is 29.3. The summed E-state index contributed by atoms with van der Waals surface area (Å²) in [6.07, 6.45) is -6.58. The van der Waals surface area contributed by atoms with E-state index in [9.17, 15) is 33.1 Å². The van der Waals surface area contributed by atoms with Crippen LogP contribution >= 0.6 is 7.75 Å². The Morgan fingerprint density at radius 2 is 1.50 bits per heavy atom. The number of aromatic amines is 1. The number of aliphatic hydroxyl groups excluding tert-OH is 3. The molecule has 64 heavy (non-hydrogen) atoms. The summed E-state index contributed by atoms with van der Waals surface area (Å²) in [7, 11) is -4.58. The Bertz CT molecular complexity index is 2590. The third-order valence-corrected chi connectivity index (χ3v) is 11.4. The molecule has 1 unspecified atom stereocenters. The number of hydrogen-bond donors (Lipinski definition) is 7. The number of benzene rings is 1. The van der Waals surface area contributed by atoms with Gasteiger partial charge in [-0.2, -0.15) is 20.0 Å². The minimum Gasteiger partial charge on any atom is -0.476 e. The van der Waals surface area contributed by atoms with Gasteiger partial charge in [-0.25, -0.2) is 32.1 Å². The number of imidazole rings is 2. The first kappa shape index (κ1) is 47.9. The molecular formula is C36H46F4N11O12P. The van der Waals surface area contributed by atoms with Gasteiger partial charge < -0.3 is 50.3 Å². The maximum absolute atomic E-state index is 16.2. The zero-order valence-electron chi connectivity index (χ0n) is 34.9. The molecule has 0 bridgehead atoms. The lowest BCUT2D eigenvalue weighted by Crippen LogP contribution is -2.47. The first-order chi connectivity index (χ1) is 29.9. The van der Waals surface area contributed by atoms with Crippen LogP contribution in [-0.2, 0) is 28.1 Å². The van der Waals surface area contributed by atoms with Crippen LogP contribution in [0.1, 0.15) is 54.0 Å². The van der Waals surface area contributed by atoms with E-state index in [0.29, 0.717) is 0 Å². The number of H-pyrrole nitrogens is 1. The van der Waals surface area contributed by atoms with E-state index in [2.05, 4.69) is 35.0 Å². The molecule has 2 saturated heterocycles. The van der Waals surface area contributed by atoms with Gasteiger partial charge in [0.25, 0.3) is 17.3 Å². The molecule has 6 heterocycles. The van der Waals surface area contributed by atoms with Gasteiger partial charge in [0.05, 0.1) is 25.4 Å². The lowest BCUT2D eigenvalue weighted by molar-refractivity contribution is -0.206. The average Bonchev–Trinajstić information content (AvgIpc) is 3.93. The highest BCUT2D eigenvalue weighted by Crippen LogP contribution is 2.52. The lowest BCUT2D eigenvalue weighted by atomic mass is 9.97. The number of para-hydroxylation sites is 1. The van der Waals surface area contributed by atoms with Crippen molar-refractivity contribution in [3.8, 4) is 11.6 Å². The van der Waals surface area contributed by atoms with Crippen molar-refractivity contribution in [2.75, 3.05) is 31.3 Å². The molecule has 4 aromatic heterocycles. The van der Waals surface area contributed by atoms with Gasteiger partial charge in [0.2, 0.25) is 17.8 Å². The Kier molecular flexibility index (Phi) is 13.3. The molecule has 5 aromatic rings. The standard InChI is InChI=1S/C25H33F2N6O8P.C11H13F2N5O4/c1-6-37-19-17-18(30-23(28)31-19)33(13-29-17)22-24(5,26)21(35)25(27,40-22)12-38-42(36,41-16-10-8-7-9-11-16)32-15(4)20(34)39-14(2)3;1-10(12)7(21)11(13,2-19)22-8(10)18-3-15-4-5(18)16-9(14)17-6(4)20/h7-11,13-15,21-22,35H,6,12H2,1-5H3,(H,32,36)(H2,28,30,31);3,7-8,19,21H,2H2,1H3,(H3,14,16,17,20)/t15?,21-,22+,24+,25+,42+;7-,8+,10+,11+/m00/s1. The van der Waals surface area contributed by atoms with E-state index in [-0.39, 0.29) is 52.5 Å². The van der Waals surface area contributed by atoms with Crippen LogP contribution in [0.2, 0.25) is 0 Å². The van der Waals surface area contributed by atoms with Gasteiger partial charge in [0.1, 0.15) is 25.0 Å². The lowest BCUT2D eigenvalue weighted by Gasteiger charge is -2.28. The predicted molar refractivity (Wildman–Crippen MR) is 214 cm³/mol. The SMILES string of the molecule is CCOc1nc(N)nc2c1ncn2[C@@H]1O[C@](F)(CO[P@](=O)(NC(C)C(=O)OC(C)C)Oc2ccccc2)[C@@H](O)[C@@]1(C)F.C[C@]1(F)[C@H](n2cnc3c(=O)[nH]c(N)nc32)O[C@](F)(CO)[C@H]1O. The van der Waals surface area contributed by atoms with Gasteiger partial charge in [-0.15, -0.1) is 0 Å². The van der Waals surface area contributed by atoms with Crippen molar-refractivity contribution in [2.24, 2.45) is 0 Å². The van der Waals surface area contributed by atoms with Crippen LogP contribution in [0.3, 0.4) is 0 Å². The van der Waals surface area contributed by atoms with E-state index in [1.54, 1.807) is 39.0 Å². The van der Waals surface area contributed by atoms with Gasteiger partial charge in [-0.3, -0.25) is 28.2 Å². The Hall–Kier alpha value is -5.54. The molecule has 10 atom stereocenters. The third kappa shape index (κ3) is 9.19. The van der Waals surface area contributed by atoms with E-state index in [4.69, 9.17) is 44.6 Å². The zero-order chi connectivity index (χ0) is 47.2. The number of hydrogen-bond acceptors (Lipinski definition) is 19. The number of halogens is 4. The molecule has 2 fully saturated rings. The summed E-state index contributed by atoms with van der Waals surface area (Å²) < 4.78 is 108. The Morgan fingerprint density at radius 1 is 0.938 bits per heavy atom. The van der Waals surface area contributed by atoms with Crippen molar-refractivity contribution in [1.82, 2.24) is 44.1 Å². The number of aromatic nitrogens is 8. The highest BCUT2D eigenvalue weighted by molar-refractivity contribution is 7.52. The van der Waals surface area contributed by atoms with Crippen LogP contribution in [0.15, 0.2) is 47.8 Å². The molecular weight excluding hydrogens is 885 g/mol. The Labute approximate surface area is 359 Å². The molecule has 9 N–H and O–H groups in total. The summed E-state index contributed by atoms with van der Waals surface area (Å²) in [6.45, 7) is 5.80. The number of nitrogens with one attached hydrogen (secondary N) is 2. The highest BCUT2D eigenvalue weighted by Gasteiger charge is 2.66. The number of carbonyl (C=O) groups excluding carboxylic acids is 1. The fraction of sp³-hybridized carbons (Fsp3) is 0.528. The molecule has 350 valence electrons. The minimum absolute atomic E-state index is 0.0166. The van der Waals surface area contributed by atoms with E-state index >= 15 is 8.78 Å². The fourth-order valence-corrected chi connectivity index (χ4v) is 8.18. The molecule has 2 aliphatic heterocycles. The van der Waals surface area contributed by atoms with Crippen LogP contribution in [-0.4, -0.2) is 128 Å². The Balaban J connectivity index is 0.000000258. The van der Waals surface area contributed by atoms with Crippen LogP contribution in [0.5, 0.6) is 11.6 Å². The first-order valence-electron chi connectivity index (χ1n) is 19.3. The van der Waals surface area contributed by atoms with E-state index in [0.717, 1.165) is 35.6 Å². The minimum atomic E-state index is -4.58. The molecule has 0 aliphatic carbocycles. The molecule has 0 saturated carbocycles. The molecule has 2 aliphatic rings. The van der Waals surface area contributed by atoms with E-state index in [1.165, 1.54) is 19.1 Å². The molecule has 0 spiro atoms. The quantitative estimate of drug-likeness (QED) is 0.0477. The summed E-state index contributed by atoms with van der Waals surface area (Å²) in [5, 5.41) is 31.9. The van der Waals surface area contributed by atoms with Crippen molar-refractivity contribution in [2.45, 2.75) is 101 Å². The number of carbonyl (C=O) groups is 1. The van der Waals surface area contributed by atoms with E-state index in [1.807, 2.05) is 0 Å². The third-order valence-electron chi connectivity index (χ3n) is 9.78. The van der Waals surface area contributed by atoms with Crippen molar-refractivity contribution >= 4 is 47.9 Å². The first-order valence-corrected chi connectivity index (χ1v) is 20.8. The summed E-state index contributed by atoms with van der Waals surface area (Å²) in [6, 6.07) is 6.50. The highest BCUT2D eigenvalue weighted by atomic mass is 31.2. The molecule has 23 nitrogen and oxygen atoms in total. The van der Waals surface area contributed by atoms with Crippen LogP contribution in [0.4, 0.5) is 29.5 Å². The number of alkyl halides is 4. The maximum atomic E-state index is 16.2. The number of esters is 1. The van der Waals surface area contributed by atoms with Gasteiger partial charge in [-0.1, -0.05) is 18.2 Å². The topological polar surface area (TPSA) is 321 Å². The maximum Gasteiger partial charge on any atom is 0.459 e. The second kappa shape index (κ2) is 17.8. The molecule has 28 heteroatoms. The summed E-state index contributed by atoms with van der Waals surface area (Å²) in [5.74, 6) is -7.43. The summed E-state index contributed by atoms with van der Waals surface area (Å²) >= 11 is 0. The molecule has 0 radical (unpaired) electrons. The van der Waals surface area contributed by atoms with Gasteiger partial charge in [0.15, 0.2) is 58.3 Å². The average molecular weight is 932 g/mol. The number of nitrogens with two attached hydrogens (primary N) is 2. The summed E-state index contributed by atoms with van der Waals surface area (Å²) in [4.78, 5) is 46.0. The number of anilines is 2. The number of fused-ring (bicyclic) bond motifs is 2. The molecule has 1 aromatic carbocycles. The van der Waals surface area contributed by atoms with Gasteiger partial charge in [0, 0.05) is 0 Å². The van der Waals surface area contributed by atoms with Crippen molar-refractivity contribution in [1.29, 1.82) is 0 Å². The monoisotopic (exact) mass is 931 g/mol. The predicted octanol–water partition coefficient (Wildman–Crippen LogP) is 2.20. The number of nitrogen functional groups attached to an aromatic ring is 2. The number of ether oxygens (including phenoxy) is 4. The van der Waals surface area contributed by atoms with Crippen molar-refractivity contribution < 1.29 is 70.2 Å². The van der Waals surface area contributed by atoms with Crippen molar-refractivity contribution in [3.05, 3.63) is 53.3 Å². The van der Waals surface area contributed by atoms with Crippen molar-refractivity contribution in [3.63, 3.8) is 0 Å². The number of aliphatic hydroxyl groups is 3. The fourth-order valence-electron chi connectivity index (χ4n) is 6.68. The smallest absolute Gasteiger partial charge is 0.459 e. The number of rotatable bonds is 14. The molecule has 7 rings (SSSR count). The van der Waals surface area contributed by atoms with Crippen LogP contribution in [0, 0.1) is 0 Å². The zero-order valence-corrected chi connectivity index (χ0v) is 35.8. The number of nitrogens with zero attached hydrogens (tertiary/aromatic N) is 7. The van der Waals surface area contributed by atoms with Gasteiger partial charge >= 0.3 is 13.7 Å². The van der Waals surface area contributed by atoms with E-state index < -0.39 is 92.3 Å². The second-order valence-electron chi connectivity index (χ2n) is 15.2. The summed E-state index contributed by atoms with van der Waals surface area (Å²) in [5.41, 5.74) is 4.90. The largest absolute Gasteiger partial charge is 0.476 e.